The van der Waals surface area contributed by atoms with Gasteiger partial charge in [0.1, 0.15) is 0 Å². The van der Waals surface area contributed by atoms with Crippen molar-refractivity contribution in [1.29, 1.82) is 0 Å². The van der Waals surface area contributed by atoms with Crippen LogP contribution in [0.2, 0.25) is 0 Å². The lowest BCUT2D eigenvalue weighted by Crippen LogP contribution is -2.26. The minimum Gasteiger partial charge on any atom is -0.352 e. The van der Waals surface area contributed by atoms with Crippen molar-refractivity contribution in [1.82, 2.24) is 14.9 Å². The van der Waals surface area contributed by atoms with E-state index in [-0.39, 0.29) is 16.4 Å². The van der Waals surface area contributed by atoms with Crippen LogP contribution in [0.25, 0.3) is 0 Å². The number of rotatable bonds is 6. The maximum atomic E-state index is 12.1. The summed E-state index contributed by atoms with van der Waals surface area (Å²) in [6.07, 6.45) is 7.09. The molecule has 7 heteroatoms. The van der Waals surface area contributed by atoms with E-state index >= 15 is 0 Å². The number of aromatic nitrogens is 2. The second-order valence-corrected chi connectivity index (χ2v) is 6.66. The number of sulfone groups is 1. The van der Waals surface area contributed by atoms with E-state index < -0.39 is 9.84 Å². The van der Waals surface area contributed by atoms with Gasteiger partial charge in [-0.1, -0.05) is 12.1 Å². The molecule has 6 nitrogen and oxygen atoms in total. The molecule has 2 rings (SSSR count). The van der Waals surface area contributed by atoms with Crippen LogP contribution < -0.4 is 5.32 Å². The van der Waals surface area contributed by atoms with Gasteiger partial charge in [0.05, 0.1) is 16.8 Å². The monoisotopic (exact) mass is 307 g/mol. The van der Waals surface area contributed by atoms with E-state index in [1.165, 1.54) is 12.1 Å². The van der Waals surface area contributed by atoms with Gasteiger partial charge in [0.15, 0.2) is 9.84 Å². The van der Waals surface area contributed by atoms with Gasteiger partial charge in [0.25, 0.3) is 5.91 Å². The van der Waals surface area contributed by atoms with Crippen molar-refractivity contribution in [2.75, 3.05) is 12.8 Å². The van der Waals surface area contributed by atoms with Gasteiger partial charge in [-0.3, -0.25) is 4.79 Å². The molecule has 2 aromatic rings. The quantitative estimate of drug-likeness (QED) is 0.811. The van der Waals surface area contributed by atoms with Crippen LogP contribution in [0.5, 0.6) is 0 Å². The van der Waals surface area contributed by atoms with Gasteiger partial charge in [-0.05, 0) is 18.6 Å². The molecule has 0 bridgehead atoms. The van der Waals surface area contributed by atoms with Crippen LogP contribution in [0.1, 0.15) is 16.8 Å². The van der Waals surface area contributed by atoms with E-state index in [0.717, 1.165) is 19.2 Å². The molecule has 1 aromatic carbocycles. The van der Waals surface area contributed by atoms with Crippen LogP contribution in [-0.4, -0.2) is 36.7 Å². The van der Waals surface area contributed by atoms with Crippen LogP contribution in [0.3, 0.4) is 0 Å². The number of aryl methyl sites for hydroxylation is 1. The fourth-order valence-corrected chi connectivity index (χ4v) is 2.84. The highest BCUT2D eigenvalue weighted by molar-refractivity contribution is 7.90. The Hall–Kier alpha value is -2.15. The maximum absolute atomic E-state index is 12.1. The van der Waals surface area contributed by atoms with Crippen molar-refractivity contribution in [2.45, 2.75) is 17.9 Å². The van der Waals surface area contributed by atoms with E-state index in [1.807, 2.05) is 10.8 Å². The highest BCUT2D eigenvalue weighted by Crippen LogP contribution is 2.14. The predicted molar refractivity (Wildman–Crippen MR) is 78.7 cm³/mol. The van der Waals surface area contributed by atoms with Crippen molar-refractivity contribution in [3.8, 4) is 0 Å². The Morgan fingerprint density at radius 1 is 1.33 bits per heavy atom. The van der Waals surface area contributed by atoms with Crippen molar-refractivity contribution in [3.63, 3.8) is 0 Å². The van der Waals surface area contributed by atoms with Gasteiger partial charge in [0, 0.05) is 31.7 Å². The van der Waals surface area contributed by atoms with Crippen molar-refractivity contribution in [3.05, 3.63) is 48.5 Å². The first kappa shape index (κ1) is 15.2. The molecule has 0 fully saturated rings. The number of amides is 1. The van der Waals surface area contributed by atoms with Crippen molar-refractivity contribution < 1.29 is 13.2 Å². The highest BCUT2D eigenvalue weighted by atomic mass is 32.2. The first-order valence-electron chi connectivity index (χ1n) is 6.51. The Balaban J connectivity index is 1.95. The number of nitrogens with zero attached hydrogens (tertiary/aromatic N) is 2. The molecule has 0 spiro atoms. The van der Waals surface area contributed by atoms with Crippen molar-refractivity contribution in [2.24, 2.45) is 0 Å². The molecule has 0 aliphatic carbocycles. The lowest BCUT2D eigenvalue weighted by atomic mass is 10.2. The number of benzene rings is 1. The SMILES string of the molecule is CS(=O)(=O)c1ccccc1C(=O)NCCCn1ccnc1. The summed E-state index contributed by atoms with van der Waals surface area (Å²) in [5.41, 5.74) is 0.183. The molecule has 0 unspecified atom stereocenters. The van der Waals surface area contributed by atoms with E-state index in [1.54, 1.807) is 24.7 Å². The average Bonchev–Trinajstić information content (AvgIpc) is 2.95. The first-order chi connectivity index (χ1) is 9.98. The number of nitrogens with one attached hydrogen (secondary N) is 1. The largest absolute Gasteiger partial charge is 0.352 e. The summed E-state index contributed by atoms with van der Waals surface area (Å²) in [6.45, 7) is 1.21. The molecule has 0 aliphatic rings. The molecule has 1 N–H and O–H groups in total. The van der Waals surface area contributed by atoms with Gasteiger partial charge >= 0.3 is 0 Å². The fraction of sp³-hybridized carbons (Fsp3) is 0.286. The maximum Gasteiger partial charge on any atom is 0.252 e. The van der Waals surface area contributed by atoms with E-state index in [4.69, 9.17) is 0 Å². The third-order valence-corrected chi connectivity index (χ3v) is 4.12. The van der Waals surface area contributed by atoms with Gasteiger partial charge < -0.3 is 9.88 Å². The van der Waals surface area contributed by atoms with Crippen LogP contribution in [0.15, 0.2) is 47.9 Å². The molecular formula is C14H17N3O3S. The van der Waals surface area contributed by atoms with Gasteiger partial charge in [-0.15, -0.1) is 0 Å². The normalized spacial score (nSPS) is 11.3. The molecule has 1 heterocycles. The Morgan fingerprint density at radius 2 is 2.10 bits per heavy atom. The lowest BCUT2D eigenvalue weighted by molar-refractivity contribution is 0.0949. The zero-order valence-corrected chi connectivity index (χ0v) is 12.5. The number of hydrogen-bond donors (Lipinski definition) is 1. The predicted octanol–water partition coefficient (Wildman–Crippen LogP) is 1.11. The van der Waals surface area contributed by atoms with E-state index in [2.05, 4.69) is 10.3 Å². The number of carbonyl (C=O) groups excluding carboxylic acids is 1. The standard InChI is InChI=1S/C14H17N3O3S/c1-21(19,20)13-6-3-2-5-12(13)14(18)16-7-4-9-17-10-8-15-11-17/h2-3,5-6,8,10-11H,4,7,9H2,1H3,(H,16,18). The topological polar surface area (TPSA) is 81.1 Å². The molecule has 1 amide bonds. The molecule has 0 atom stereocenters. The summed E-state index contributed by atoms with van der Waals surface area (Å²) in [7, 11) is -3.42. The Morgan fingerprint density at radius 3 is 2.76 bits per heavy atom. The van der Waals surface area contributed by atoms with E-state index in [0.29, 0.717) is 6.54 Å². The van der Waals surface area contributed by atoms with E-state index in [9.17, 15) is 13.2 Å². The molecule has 0 radical (unpaired) electrons. The number of carbonyl (C=O) groups is 1. The van der Waals surface area contributed by atoms with Gasteiger partial charge in [-0.25, -0.2) is 13.4 Å². The first-order valence-corrected chi connectivity index (χ1v) is 8.40. The minimum atomic E-state index is -3.42. The lowest BCUT2D eigenvalue weighted by Gasteiger charge is -2.09. The van der Waals surface area contributed by atoms with Crippen LogP contribution in [0, 0.1) is 0 Å². The summed E-state index contributed by atoms with van der Waals surface area (Å²) >= 11 is 0. The van der Waals surface area contributed by atoms with Gasteiger partial charge in [-0.2, -0.15) is 0 Å². The molecule has 112 valence electrons. The Bertz CT molecular complexity index is 709. The molecule has 0 saturated heterocycles. The summed E-state index contributed by atoms with van der Waals surface area (Å²) in [6, 6.07) is 6.21. The molecule has 0 saturated carbocycles. The highest BCUT2D eigenvalue weighted by Gasteiger charge is 2.17. The second kappa shape index (κ2) is 6.53. The van der Waals surface area contributed by atoms with Crippen molar-refractivity contribution >= 4 is 15.7 Å². The Labute approximate surface area is 123 Å². The number of hydrogen-bond acceptors (Lipinski definition) is 4. The number of imidazole rings is 1. The Kier molecular flexibility index (Phi) is 4.74. The second-order valence-electron chi connectivity index (χ2n) is 4.68. The molecule has 0 aliphatic heterocycles. The zero-order valence-electron chi connectivity index (χ0n) is 11.7. The third kappa shape index (κ3) is 4.16. The molecule has 21 heavy (non-hydrogen) atoms. The molecular weight excluding hydrogens is 290 g/mol. The van der Waals surface area contributed by atoms with Crippen LogP contribution >= 0.6 is 0 Å². The smallest absolute Gasteiger partial charge is 0.252 e. The molecule has 1 aromatic heterocycles. The van der Waals surface area contributed by atoms with Gasteiger partial charge in [0.2, 0.25) is 0 Å². The summed E-state index contributed by atoms with van der Waals surface area (Å²) in [5.74, 6) is -0.373. The minimum absolute atomic E-state index is 0.0529. The average molecular weight is 307 g/mol. The zero-order chi connectivity index (χ0) is 15.3. The summed E-state index contributed by atoms with van der Waals surface area (Å²) in [5, 5.41) is 2.74. The third-order valence-electron chi connectivity index (χ3n) is 2.97. The van der Waals surface area contributed by atoms with Crippen LogP contribution in [-0.2, 0) is 16.4 Å². The summed E-state index contributed by atoms with van der Waals surface area (Å²) in [4.78, 5) is 16.1. The fourth-order valence-electron chi connectivity index (χ4n) is 1.96. The van der Waals surface area contributed by atoms with Crippen LogP contribution in [0.4, 0.5) is 0 Å². The summed E-state index contributed by atoms with van der Waals surface area (Å²) < 4.78 is 25.2.